The van der Waals surface area contributed by atoms with Crippen molar-refractivity contribution >= 4 is 17.9 Å². The lowest BCUT2D eigenvalue weighted by Crippen LogP contribution is -2.30. The van der Waals surface area contributed by atoms with Gasteiger partial charge < -0.3 is 9.88 Å². The number of hydrogen-bond donors (Lipinski definition) is 1. The summed E-state index contributed by atoms with van der Waals surface area (Å²) in [5.41, 5.74) is 0.969. The van der Waals surface area contributed by atoms with E-state index in [0.29, 0.717) is 17.5 Å². The molecular formula is C10H11F3N2O2. The summed E-state index contributed by atoms with van der Waals surface area (Å²) in [5.74, 6) is -2.05. The van der Waals surface area contributed by atoms with E-state index >= 15 is 0 Å². The van der Waals surface area contributed by atoms with Gasteiger partial charge in [-0.1, -0.05) is 0 Å². The van der Waals surface area contributed by atoms with E-state index in [2.05, 4.69) is 0 Å². The van der Waals surface area contributed by atoms with Crippen LogP contribution >= 0.6 is 0 Å². The largest absolute Gasteiger partial charge is 0.471 e. The molecule has 0 aromatic carbocycles. The second kappa shape index (κ2) is 4.23. The van der Waals surface area contributed by atoms with Crippen LogP contribution in [0.1, 0.15) is 21.7 Å². The minimum atomic E-state index is -4.95. The summed E-state index contributed by atoms with van der Waals surface area (Å²) in [5, 5.41) is 1.77. The van der Waals surface area contributed by atoms with Crippen LogP contribution in [0.5, 0.6) is 0 Å². The Balaban J connectivity index is 3.17. The normalized spacial score (nSPS) is 11.4. The van der Waals surface area contributed by atoms with Gasteiger partial charge in [0.1, 0.15) is 0 Å². The first-order valence-corrected chi connectivity index (χ1v) is 4.69. The van der Waals surface area contributed by atoms with Crippen molar-refractivity contribution < 1.29 is 22.8 Å². The van der Waals surface area contributed by atoms with Crippen LogP contribution in [0.3, 0.4) is 0 Å². The molecule has 17 heavy (non-hydrogen) atoms. The number of hydrogen-bond acceptors (Lipinski definition) is 2. The average Bonchev–Trinajstić information content (AvgIpc) is 2.41. The number of alkyl halides is 3. The SMILES string of the molecule is Cc1c(NC(=O)C(F)(F)F)c(C)n(C)c1C=O. The maximum Gasteiger partial charge on any atom is 0.471 e. The molecule has 0 spiro atoms. The Hall–Kier alpha value is -1.79. The quantitative estimate of drug-likeness (QED) is 0.813. The smallest absolute Gasteiger partial charge is 0.344 e. The molecule has 7 heteroatoms. The molecule has 0 radical (unpaired) electrons. The molecule has 1 rings (SSSR count). The second-order valence-electron chi connectivity index (χ2n) is 3.60. The summed E-state index contributed by atoms with van der Waals surface area (Å²) in [6, 6.07) is 0. The molecule has 4 nitrogen and oxygen atoms in total. The summed E-state index contributed by atoms with van der Waals surface area (Å²) in [4.78, 5) is 21.6. The molecule has 0 aliphatic carbocycles. The number of carbonyl (C=O) groups is 2. The van der Waals surface area contributed by atoms with Crippen LogP contribution in [0.15, 0.2) is 0 Å². The van der Waals surface area contributed by atoms with Gasteiger partial charge in [0.25, 0.3) is 0 Å². The first-order valence-electron chi connectivity index (χ1n) is 4.69. The summed E-state index contributed by atoms with van der Waals surface area (Å²) >= 11 is 0. The number of halogens is 3. The van der Waals surface area contributed by atoms with Crippen LogP contribution in [0.4, 0.5) is 18.9 Å². The highest BCUT2D eigenvalue weighted by Crippen LogP contribution is 2.27. The Labute approximate surface area is 95.4 Å². The standard InChI is InChI=1S/C10H11F3N2O2/c1-5-7(4-16)15(3)6(2)8(5)14-9(17)10(11,12)13/h4H,1-3H3,(H,14,17). The van der Waals surface area contributed by atoms with Crippen LogP contribution in [-0.4, -0.2) is 22.9 Å². The third kappa shape index (κ3) is 2.32. The molecular weight excluding hydrogens is 237 g/mol. The Kier molecular flexibility index (Phi) is 3.30. The van der Waals surface area contributed by atoms with Crippen LogP contribution in [-0.2, 0) is 11.8 Å². The third-order valence-electron chi connectivity index (χ3n) is 2.59. The van der Waals surface area contributed by atoms with E-state index in [9.17, 15) is 22.8 Å². The van der Waals surface area contributed by atoms with E-state index in [1.165, 1.54) is 25.5 Å². The highest BCUT2D eigenvalue weighted by Gasteiger charge is 2.39. The van der Waals surface area contributed by atoms with Gasteiger partial charge in [0.05, 0.1) is 11.4 Å². The van der Waals surface area contributed by atoms with Gasteiger partial charge in [-0.05, 0) is 13.8 Å². The summed E-state index contributed by atoms with van der Waals surface area (Å²) in [6.07, 6.45) is -4.42. The molecule has 1 aromatic rings. The van der Waals surface area contributed by atoms with Crippen molar-refractivity contribution in [3.05, 3.63) is 17.0 Å². The molecule has 1 N–H and O–H groups in total. The Morgan fingerprint density at radius 1 is 1.35 bits per heavy atom. The first-order chi connectivity index (χ1) is 7.70. The fourth-order valence-electron chi connectivity index (χ4n) is 1.54. The lowest BCUT2D eigenvalue weighted by atomic mass is 10.2. The highest BCUT2D eigenvalue weighted by atomic mass is 19.4. The number of aldehydes is 1. The predicted octanol–water partition coefficient (Wildman–Crippen LogP) is 1.96. The van der Waals surface area contributed by atoms with Crippen molar-refractivity contribution in [2.75, 3.05) is 5.32 Å². The van der Waals surface area contributed by atoms with Crippen molar-refractivity contribution in [1.82, 2.24) is 4.57 Å². The maximum absolute atomic E-state index is 12.1. The van der Waals surface area contributed by atoms with Crippen LogP contribution in [0, 0.1) is 13.8 Å². The fourth-order valence-corrected chi connectivity index (χ4v) is 1.54. The summed E-state index contributed by atoms with van der Waals surface area (Å²) in [7, 11) is 1.54. The Bertz CT molecular complexity index is 475. The van der Waals surface area contributed by atoms with E-state index in [0.717, 1.165) is 0 Å². The van der Waals surface area contributed by atoms with Crippen molar-refractivity contribution in [1.29, 1.82) is 0 Å². The highest BCUT2D eigenvalue weighted by molar-refractivity contribution is 5.97. The molecule has 1 amide bonds. The number of anilines is 1. The number of nitrogens with one attached hydrogen (secondary N) is 1. The third-order valence-corrected chi connectivity index (χ3v) is 2.59. The molecule has 0 saturated heterocycles. The zero-order valence-electron chi connectivity index (χ0n) is 9.47. The average molecular weight is 248 g/mol. The molecule has 0 atom stereocenters. The van der Waals surface area contributed by atoms with Gasteiger partial charge in [-0.25, -0.2) is 0 Å². The number of aromatic nitrogens is 1. The molecule has 0 aliphatic heterocycles. The van der Waals surface area contributed by atoms with Crippen molar-refractivity contribution in [3.8, 4) is 0 Å². The molecule has 94 valence electrons. The number of rotatable bonds is 2. The van der Waals surface area contributed by atoms with Gasteiger partial charge in [-0.15, -0.1) is 0 Å². The molecule has 0 bridgehead atoms. The zero-order chi connectivity index (χ0) is 13.4. The van der Waals surface area contributed by atoms with E-state index in [4.69, 9.17) is 0 Å². The van der Waals surface area contributed by atoms with Crippen LogP contribution in [0.2, 0.25) is 0 Å². The molecule has 1 heterocycles. The van der Waals surface area contributed by atoms with Gasteiger partial charge in [0, 0.05) is 18.3 Å². The van der Waals surface area contributed by atoms with Crippen molar-refractivity contribution in [2.24, 2.45) is 7.05 Å². The van der Waals surface area contributed by atoms with Crippen molar-refractivity contribution in [3.63, 3.8) is 0 Å². The predicted molar refractivity (Wildman–Crippen MR) is 55.0 cm³/mol. The van der Waals surface area contributed by atoms with E-state index < -0.39 is 12.1 Å². The van der Waals surface area contributed by atoms with E-state index in [-0.39, 0.29) is 11.4 Å². The van der Waals surface area contributed by atoms with Crippen LogP contribution < -0.4 is 5.32 Å². The summed E-state index contributed by atoms with van der Waals surface area (Å²) in [6.45, 7) is 2.99. The van der Waals surface area contributed by atoms with E-state index in [1.807, 2.05) is 0 Å². The van der Waals surface area contributed by atoms with Gasteiger partial charge in [-0.2, -0.15) is 13.2 Å². The molecule has 0 aliphatic rings. The zero-order valence-corrected chi connectivity index (χ0v) is 9.47. The lowest BCUT2D eigenvalue weighted by molar-refractivity contribution is -0.167. The topological polar surface area (TPSA) is 51.1 Å². The van der Waals surface area contributed by atoms with Gasteiger partial charge in [0.15, 0.2) is 6.29 Å². The number of amides is 1. The van der Waals surface area contributed by atoms with E-state index in [1.54, 1.807) is 5.32 Å². The van der Waals surface area contributed by atoms with Crippen molar-refractivity contribution in [2.45, 2.75) is 20.0 Å². The van der Waals surface area contributed by atoms with Gasteiger partial charge in [-0.3, -0.25) is 9.59 Å². The fraction of sp³-hybridized carbons (Fsp3) is 0.400. The number of nitrogens with zero attached hydrogens (tertiary/aromatic N) is 1. The summed E-state index contributed by atoms with van der Waals surface area (Å²) < 4.78 is 37.7. The van der Waals surface area contributed by atoms with Gasteiger partial charge >= 0.3 is 12.1 Å². The minimum Gasteiger partial charge on any atom is -0.344 e. The molecule has 0 saturated carbocycles. The Morgan fingerprint density at radius 3 is 2.24 bits per heavy atom. The molecule has 1 aromatic heterocycles. The monoisotopic (exact) mass is 248 g/mol. The number of carbonyl (C=O) groups excluding carboxylic acids is 2. The maximum atomic E-state index is 12.1. The van der Waals surface area contributed by atoms with Crippen LogP contribution in [0.25, 0.3) is 0 Å². The second-order valence-corrected chi connectivity index (χ2v) is 3.60. The minimum absolute atomic E-state index is 0.0249. The first kappa shape index (κ1) is 13.3. The molecule has 0 fully saturated rings. The lowest BCUT2D eigenvalue weighted by Gasteiger charge is -2.08. The molecule has 0 unspecified atom stereocenters. The van der Waals surface area contributed by atoms with Gasteiger partial charge in [0.2, 0.25) is 0 Å². The Morgan fingerprint density at radius 2 is 1.88 bits per heavy atom.